The Bertz CT molecular complexity index is 1820. The molecule has 4 aromatic rings. The van der Waals surface area contributed by atoms with Gasteiger partial charge in [0.2, 0.25) is 23.0 Å². The van der Waals surface area contributed by atoms with Gasteiger partial charge in [-0.3, -0.25) is 14.4 Å². The van der Waals surface area contributed by atoms with Gasteiger partial charge in [0.15, 0.2) is 11.5 Å². The van der Waals surface area contributed by atoms with Crippen molar-refractivity contribution < 1.29 is 23.8 Å². The first-order valence-corrected chi connectivity index (χ1v) is 14.9. The molecule has 1 atom stereocenters. The lowest BCUT2D eigenvalue weighted by Gasteiger charge is -2.19. The van der Waals surface area contributed by atoms with Gasteiger partial charge in [-0.15, -0.1) is 0 Å². The lowest BCUT2D eigenvalue weighted by Crippen LogP contribution is -2.27. The van der Waals surface area contributed by atoms with Crippen LogP contribution in [0.15, 0.2) is 47.3 Å². The van der Waals surface area contributed by atoms with Gasteiger partial charge in [-0.05, 0) is 71.8 Å². The van der Waals surface area contributed by atoms with E-state index in [4.69, 9.17) is 14.2 Å². The molecule has 0 fully saturated rings. The zero-order valence-electron chi connectivity index (χ0n) is 26.4. The molecule has 236 valence electrons. The van der Waals surface area contributed by atoms with Gasteiger partial charge in [0, 0.05) is 24.6 Å². The Balaban J connectivity index is 1.45. The molecule has 0 bridgehead atoms. The molecule has 1 aromatic heterocycles. The van der Waals surface area contributed by atoms with Crippen LogP contribution in [-0.4, -0.2) is 49.7 Å². The average Bonchev–Trinajstić information content (AvgIpc) is 3.24. The van der Waals surface area contributed by atoms with E-state index in [1.807, 2.05) is 24.3 Å². The lowest BCUT2D eigenvalue weighted by molar-refractivity contribution is -0.119. The number of amides is 2. The largest absolute Gasteiger partial charge is 0.493 e. The minimum Gasteiger partial charge on any atom is -0.493 e. The summed E-state index contributed by atoms with van der Waals surface area (Å²) in [5, 5.41) is 8.88. The van der Waals surface area contributed by atoms with Crippen LogP contribution in [-0.2, 0) is 22.4 Å². The number of imidazole rings is 1. The van der Waals surface area contributed by atoms with Crippen LogP contribution < -0.4 is 35.6 Å². The number of rotatable bonds is 10. The molecule has 0 saturated heterocycles. The Kier molecular flexibility index (Phi) is 9.26. The number of aromatic amines is 1. The first-order valence-electron chi connectivity index (χ1n) is 14.9. The van der Waals surface area contributed by atoms with Crippen LogP contribution in [0.2, 0.25) is 0 Å². The number of carbonyl (C=O) groups excluding carboxylic acids is 2. The number of carbonyl (C=O) groups is 2. The Morgan fingerprint density at radius 3 is 2.49 bits per heavy atom. The minimum absolute atomic E-state index is 0.135. The number of methoxy groups -OCH3 is 3. The van der Waals surface area contributed by atoms with Crippen molar-refractivity contribution in [3.05, 3.63) is 69.6 Å². The highest BCUT2D eigenvalue weighted by atomic mass is 16.5. The smallest absolute Gasteiger partial charge is 0.243 e. The molecule has 0 spiro atoms. The number of benzene rings is 2. The maximum Gasteiger partial charge on any atom is 0.243 e. The van der Waals surface area contributed by atoms with Crippen molar-refractivity contribution in [2.75, 3.05) is 38.5 Å². The summed E-state index contributed by atoms with van der Waals surface area (Å²) in [6.07, 6.45) is 1.98. The zero-order valence-corrected chi connectivity index (χ0v) is 26.4. The third-order valence-corrected chi connectivity index (χ3v) is 7.77. The van der Waals surface area contributed by atoms with E-state index < -0.39 is 6.04 Å². The van der Waals surface area contributed by atoms with Gasteiger partial charge in [0.05, 0.1) is 50.6 Å². The van der Waals surface area contributed by atoms with E-state index >= 15 is 0 Å². The van der Waals surface area contributed by atoms with Gasteiger partial charge >= 0.3 is 0 Å². The fourth-order valence-electron chi connectivity index (χ4n) is 5.86. The maximum absolute atomic E-state index is 13.5. The zero-order chi connectivity index (χ0) is 32.2. The average molecular weight is 614 g/mol. The molecule has 5 rings (SSSR count). The number of fused-ring (bicyclic) bond motifs is 4. The molecule has 2 amide bonds. The molecule has 1 unspecified atom stereocenters. The number of hydrogen-bond acceptors (Lipinski definition) is 8. The highest BCUT2D eigenvalue weighted by Crippen LogP contribution is 2.50. The predicted octanol–water partition coefficient (Wildman–Crippen LogP) is 4.99. The highest BCUT2D eigenvalue weighted by molar-refractivity contribution is 5.95. The van der Waals surface area contributed by atoms with Gasteiger partial charge in [-0.2, -0.15) is 0 Å². The lowest BCUT2D eigenvalue weighted by atomic mass is 9.95. The second kappa shape index (κ2) is 13.3. The molecule has 4 N–H and O–H groups in total. The summed E-state index contributed by atoms with van der Waals surface area (Å²) in [7, 11) is 4.65. The quantitative estimate of drug-likeness (QED) is 0.196. The number of H-pyrrole nitrogens is 1. The Morgan fingerprint density at radius 1 is 1.02 bits per heavy atom. The van der Waals surface area contributed by atoms with Gasteiger partial charge in [-0.25, -0.2) is 4.98 Å². The van der Waals surface area contributed by atoms with Crippen LogP contribution in [0.25, 0.3) is 22.2 Å². The van der Waals surface area contributed by atoms with Crippen LogP contribution in [0.5, 0.6) is 17.2 Å². The molecular weight excluding hydrogens is 574 g/mol. The third kappa shape index (κ3) is 6.72. The van der Waals surface area contributed by atoms with Crippen molar-refractivity contribution in [2.45, 2.75) is 46.1 Å². The number of nitrogens with zero attached hydrogens (tertiary/aromatic N) is 1. The molecule has 3 aromatic carbocycles. The maximum atomic E-state index is 13.5. The predicted molar refractivity (Wildman–Crippen MR) is 174 cm³/mol. The van der Waals surface area contributed by atoms with Crippen molar-refractivity contribution in [1.82, 2.24) is 15.3 Å². The molecule has 11 heteroatoms. The normalized spacial score (nSPS) is 13.8. The summed E-state index contributed by atoms with van der Waals surface area (Å²) in [6.45, 7) is 5.58. The van der Waals surface area contributed by atoms with Crippen molar-refractivity contribution in [2.24, 2.45) is 5.92 Å². The summed E-state index contributed by atoms with van der Waals surface area (Å²) >= 11 is 0. The van der Waals surface area contributed by atoms with Gasteiger partial charge in [-0.1, -0.05) is 19.9 Å². The van der Waals surface area contributed by atoms with Crippen LogP contribution in [0.4, 0.5) is 11.4 Å². The second-order valence-corrected chi connectivity index (χ2v) is 11.5. The van der Waals surface area contributed by atoms with Crippen molar-refractivity contribution in [1.29, 1.82) is 0 Å². The molecule has 0 aliphatic heterocycles. The Labute approximate surface area is 261 Å². The van der Waals surface area contributed by atoms with E-state index in [9.17, 15) is 14.4 Å². The van der Waals surface area contributed by atoms with Gasteiger partial charge in [0.25, 0.3) is 0 Å². The number of nitrogens with one attached hydrogen (secondary N) is 4. The summed E-state index contributed by atoms with van der Waals surface area (Å²) in [6, 6.07) is 12.0. The number of anilines is 2. The SMILES string of the molecule is COc1cc2c(c(OC)c1OC)-c1ccc(NCC(=O)Nc3ccc4nc(CC(C)C)[nH]c4c3)c(=O)cc1C(NC(C)=O)CC2. The fraction of sp³-hybridized carbons (Fsp3) is 0.353. The van der Waals surface area contributed by atoms with E-state index in [2.05, 4.69) is 39.8 Å². The number of aromatic nitrogens is 2. The van der Waals surface area contributed by atoms with Gasteiger partial charge < -0.3 is 35.1 Å². The Hall–Kier alpha value is -5.06. The van der Waals surface area contributed by atoms with E-state index in [0.717, 1.165) is 34.4 Å². The molecular formula is C34H39N5O6. The van der Waals surface area contributed by atoms with Crippen LogP contribution >= 0.6 is 0 Å². The molecule has 0 radical (unpaired) electrons. The number of aryl methyl sites for hydroxylation is 1. The summed E-state index contributed by atoms with van der Waals surface area (Å²) in [5.41, 5.74) is 5.24. The summed E-state index contributed by atoms with van der Waals surface area (Å²) in [4.78, 5) is 46.6. The van der Waals surface area contributed by atoms with Crippen molar-refractivity contribution in [3.63, 3.8) is 0 Å². The minimum atomic E-state index is -0.429. The van der Waals surface area contributed by atoms with Crippen LogP contribution in [0.3, 0.4) is 0 Å². The fourth-order valence-corrected chi connectivity index (χ4v) is 5.86. The summed E-state index contributed by atoms with van der Waals surface area (Å²) in [5.74, 6) is 2.26. The summed E-state index contributed by atoms with van der Waals surface area (Å²) < 4.78 is 17.1. The molecule has 1 aliphatic carbocycles. The molecule has 0 saturated carbocycles. The molecule has 1 aliphatic rings. The van der Waals surface area contributed by atoms with Gasteiger partial charge in [0.1, 0.15) is 5.82 Å². The standard InChI is InChI=1S/C34H39N5O6/c1-18(2)13-30-38-25-11-8-21(15-27(25)39-30)37-31(42)17-35-26-12-9-22-23(16-28(26)41)24(36-19(3)40)10-7-20-14-29(43-4)33(44-5)34(45-6)32(20)22/h8-9,11-12,14-16,18,24H,7,10,13,17H2,1-6H3,(H,35,41)(H,36,40)(H,37,42)(H,38,39). The van der Waals surface area contributed by atoms with Crippen LogP contribution in [0, 0.1) is 5.92 Å². The highest BCUT2D eigenvalue weighted by Gasteiger charge is 2.29. The monoisotopic (exact) mass is 613 g/mol. The van der Waals surface area contributed by atoms with E-state index in [0.29, 0.717) is 52.8 Å². The van der Waals surface area contributed by atoms with Crippen LogP contribution in [0.1, 0.15) is 50.2 Å². The van der Waals surface area contributed by atoms with E-state index in [1.165, 1.54) is 20.1 Å². The van der Waals surface area contributed by atoms with Crippen molar-refractivity contribution in [3.8, 4) is 28.4 Å². The van der Waals surface area contributed by atoms with Crippen molar-refractivity contribution >= 4 is 34.2 Å². The third-order valence-electron chi connectivity index (χ3n) is 7.77. The topological polar surface area (TPSA) is 144 Å². The number of hydrogen-bond donors (Lipinski definition) is 4. The molecule has 45 heavy (non-hydrogen) atoms. The first-order chi connectivity index (χ1) is 21.6. The second-order valence-electron chi connectivity index (χ2n) is 11.5. The van der Waals surface area contributed by atoms with E-state index in [-0.39, 0.29) is 29.5 Å². The number of ether oxygens (including phenoxy) is 3. The first kappa shape index (κ1) is 31.4. The van der Waals surface area contributed by atoms with E-state index in [1.54, 1.807) is 26.4 Å². The molecule has 1 heterocycles. The molecule has 11 nitrogen and oxygen atoms in total. The Morgan fingerprint density at radius 2 is 1.80 bits per heavy atom.